The summed E-state index contributed by atoms with van der Waals surface area (Å²) >= 11 is 1.59. The van der Waals surface area contributed by atoms with E-state index in [4.69, 9.17) is 0 Å². The molecule has 1 nitrogen and oxygen atoms in total. The summed E-state index contributed by atoms with van der Waals surface area (Å²) in [4.78, 5) is 0.953. The molecule has 20 heavy (non-hydrogen) atoms. The van der Waals surface area contributed by atoms with Crippen LogP contribution in [0.2, 0.25) is 0 Å². The standard InChI is InChI=1S/C14H17F4NS/c1-3-19-9(2)13(15,14(16,17)18)11-4-5-12-10(8-11)6-7-20-12/h4-5,8-9,19H,3,6-7H2,1-2H3. The second-order valence-corrected chi connectivity index (χ2v) is 6.05. The summed E-state index contributed by atoms with van der Waals surface area (Å²) in [7, 11) is 0. The van der Waals surface area contributed by atoms with Gasteiger partial charge in [0.1, 0.15) is 0 Å². The molecular formula is C14H17F4NS. The van der Waals surface area contributed by atoms with E-state index in [9.17, 15) is 17.6 Å². The molecule has 1 aliphatic heterocycles. The van der Waals surface area contributed by atoms with Gasteiger partial charge in [0.15, 0.2) is 0 Å². The van der Waals surface area contributed by atoms with E-state index in [-0.39, 0.29) is 12.1 Å². The lowest BCUT2D eigenvalue weighted by Crippen LogP contribution is -2.53. The molecule has 0 saturated heterocycles. The van der Waals surface area contributed by atoms with E-state index in [0.29, 0.717) is 6.42 Å². The van der Waals surface area contributed by atoms with Crippen molar-refractivity contribution in [2.75, 3.05) is 12.3 Å². The van der Waals surface area contributed by atoms with Gasteiger partial charge in [-0.25, -0.2) is 4.39 Å². The van der Waals surface area contributed by atoms with Crippen LogP contribution >= 0.6 is 11.8 Å². The lowest BCUT2D eigenvalue weighted by Gasteiger charge is -2.34. The number of likely N-dealkylation sites (N-methyl/N-ethyl adjacent to an activating group) is 1. The zero-order valence-electron chi connectivity index (χ0n) is 11.4. The molecule has 0 spiro atoms. The SMILES string of the molecule is CCNC(C)C(F)(c1ccc2c(c1)CCS2)C(F)(F)F. The van der Waals surface area contributed by atoms with Gasteiger partial charge in [-0.2, -0.15) is 13.2 Å². The Morgan fingerprint density at radius 1 is 1.30 bits per heavy atom. The molecule has 0 fully saturated rings. The third-order valence-corrected chi connectivity index (χ3v) is 4.75. The van der Waals surface area contributed by atoms with Crippen LogP contribution in [0.25, 0.3) is 0 Å². The molecule has 2 unspecified atom stereocenters. The lowest BCUT2D eigenvalue weighted by atomic mass is 9.87. The highest BCUT2D eigenvalue weighted by molar-refractivity contribution is 7.99. The molecule has 0 aromatic heterocycles. The Kier molecular flexibility index (Phi) is 4.35. The maximum Gasteiger partial charge on any atom is 0.428 e. The smallest absolute Gasteiger partial charge is 0.311 e. The quantitative estimate of drug-likeness (QED) is 0.842. The van der Waals surface area contributed by atoms with Crippen molar-refractivity contribution in [3.63, 3.8) is 0 Å². The normalized spacial score (nSPS) is 19.5. The minimum atomic E-state index is -4.95. The highest BCUT2D eigenvalue weighted by Crippen LogP contribution is 2.46. The van der Waals surface area contributed by atoms with Crippen LogP contribution in [0.1, 0.15) is 25.0 Å². The summed E-state index contributed by atoms with van der Waals surface area (Å²) in [6.45, 7) is 3.18. The maximum atomic E-state index is 14.9. The van der Waals surface area contributed by atoms with Gasteiger partial charge in [0.05, 0.1) is 6.04 Å². The minimum Gasteiger partial charge on any atom is -0.311 e. The number of nitrogens with one attached hydrogen (secondary N) is 1. The Labute approximate surface area is 120 Å². The van der Waals surface area contributed by atoms with Gasteiger partial charge in [-0.05, 0) is 31.5 Å². The first-order chi connectivity index (χ1) is 9.30. The molecule has 1 aromatic rings. The Hall–Kier alpha value is -0.750. The summed E-state index contributed by atoms with van der Waals surface area (Å²) < 4.78 is 54.8. The van der Waals surface area contributed by atoms with Crippen LogP contribution in [0.5, 0.6) is 0 Å². The molecule has 1 aromatic carbocycles. The van der Waals surface area contributed by atoms with Crippen LogP contribution in [-0.2, 0) is 12.1 Å². The molecule has 2 rings (SSSR count). The fraction of sp³-hybridized carbons (Fsp3) is 0.571. The number of rotatable bonds is 4. The van der Waals surface area contributed by atoms with Crippen LogP contribution in [0.4, 0.5) is 17.6 Å². The summed E-state index contributed by atoms with van der Waals surface area (Å²) in [6, 6.07) is 2.90. The minimum absolute atomic E-state index is 0.281. The average Bonchev–Trinajstić information content (AvgIpc) is 2.83. The van der Waals surface area contributed by atoms with Gasteiger partial charge >= 0.3 is 6.18 Å². The van der Waals surface area contributed by atoms with E-state index in [2.05, 4.69) is 5.32 Å². The first-order valence-corrected chi connectivity index (χ1v) is 7.54. The number of alkyl halides is 4. The Balaban J connectivity index is 2.46. The molecule has 1 N–H and O–H groups in total. The van der Waals surface area contributed by atoms with E-state index in [1.54, 1.807) is 24.8 Å². The molecule has 6 heteroatoms. The van der Waals surface area contributed by atoms with Crippen molar-refractivity contribution in [3.8, 4) is 0 Å². The van der Waals surface area contributed by atoms with Gasteiger partial charge in [-0.3, -0.25) is 0 Å². The number of halogens is 4. The molecule has 0 bridgehead atoms. The third kappa shape index (κ3) is 2.55. The first kappa shape index (κ1) is 15.6. The van der Waals surface area contributed by atoms with Gasteiger partial charge in [0.2, 0.25) is 5.67 Å². The number of hydrogen-bond acceptors (Lipinski definition) is 2. The molecule has 1 aliphatic rings. The first-order valence-electron chi connectivity index (χ1n) is 6.56. The molecule has 0 aliphatic carbocycles. The Morgan fingerprint density at radius 2 is 2.00 bits per heavy atom. The maximum absolute atomic E-state index is 14.9. The van der Waals surface area contributed by atoms with E-state index in [1.807, 2.05) is 0 Å². The number of hydrogen-bond donors (Lipinski definition) is 1. The van der Waals surface area contributed by atoms with E-state index in [1.165, 1.54) is 19.1 Å². The van der Waals surface area contributed by atoms with E-state index in [0.717, 1.165) is 16.2 Å². The molecule has 0 saturated carbocycles. The Bertz CT molecular complexity index is 489. The van der Waals surface area contributed by atoms with Gasteiger partial charge in [0, 0.05) is 16.2 Å². The predicted molar refractivity (Wildman–Crippen MR) is 72.8 cm³/mol. The molecule has 1 heterocycles. The fourth-order valence-electron chi connectivity index (χ4n) is 2.52. The third-order valence-electron chi connectivity index (χ3n) is 3.63. The second kappa shape index (κ2) is 5.56. The van der Waals surface area contributed by atoms with Gasteiger partial charge in [-0.15, -0.1) is 11.8 Å². The van der Waals surface area contributed by atoms with Crippen molar-refractivity contribution < 1.29 is 17.6 Å². The molecule has 2 atom stereocenters. The van der Waals surface area contributed by atoms with Crippen molar-refractivity contribution in [1.29, 1.82) is 0 Å². The Morgan fingerprint density at radius 3 is 2.60 bits per heavy atom. The van der Waals surface area contributed by atoms with Gasteiger partial charge in [0.25, 0.3) is 0 Å². The molecule has 0 amide bonds. The zero-order chi connectivity index (χ0) is 15.0. The largest absolute Gasteiger partial charge is 0.428 e. The lowest BCUT2D eigenvalue weighted by molar-refractivity contribution is -0.244. The second-order valence-electron chi connectivity index (χ2n) is 4.91. The number of thioether (sulfide) groups is 1. The molecule has 0 radical (unpaired) electrons. The molecular weight excluding hydrogens is 290 g/mol. The summed E-state index contributed by atoms with van der Waals surface area (Å²) in [5, 5.41) is 2.56. The van der Waals surface area contributed by atoms with Crippen molar-refractivity contribution in [2.45, 2.75) is 43.1 Å². The van der Waals surface area contributed by atoms with E-state index < -0.39 is 17.9 Å². The number of fused-ring (bicyclic) bond motifs is 1. The monoisotopic (exact) mass is 307 g/mol. The summed E-state index contributed by atoms with van der Waals surface area (Å²) in [5.41, 5.74) is -2.87. The van der Waals surface area contributed by atoms with Crippen LogP contribution < -0.4 is 5.32 Å². The fourth-order valence-corrected chi connectivity index (χ4v) is 3.57. The average molecular weight is 307 g/mol. The number of benzene rings is 1. The van der Waals surface area contributed by atoms with Crippen molar-refractivity contribution in [2.24, 2.45) is 0 Å². The van der Waals surface area contributed by atoms with Crippen molar-refractivity contribution in [1.82, 2.24) is 5.32 Å². The molecule has 112 valence electrons. The van der Waals surface area contributed by atoms with Crippen molar-refractivity contribution >= 4 is 11.8 Å². The van der Waals surface area contributed by atoms with Crippen LogP contribution in [0, 0.1) is 0 Å². The van der Waals surface area contributed by atoms with Gasteiger partial charge in [-0.1, -0.05) is 19.1 Å². The topological polar surface area (TPSA) is 12.0 Å². The van der Waals surface area contributed by atoms with Crippen molar-refractivity contribution in [3.05, 3.63) is 29.3 Å². The predicted octanol–water partition coefficient (Wildman–Crippen LogP) is 4.06. The van der Waals surface area contributed by atoms with Gasteiger partial charge < -0.3 is 5.32 Å². The van der Waals surface area contributed by atoms with Crippen LogP contribution in [0.3, 0.4) is 0 Å². The van der Waals surface area contributed by atoms with E-state index >= 15 is 0 Å². The zero-order valence-corrected chi connectivity index (χ0v) is 12.2. The van der Waals surface area contributed by atoms with Crippen LogP contribution in [-0.4, -0.2) is 24.5 Å². The highest BCUT2D eigenvalue weighted by Gasteiger charge is 2.60. The highest BCUT2D eigenvalue weighted by atomic mass is 32.2. The number of aryl methyl sites for hydroxylation is 1. The van der Waals surface area contributed by atoms with Crippen LogP contribution in [0.15, 0.2) is 23.1 Å². The summed E-state index contributed by atoms with van der Waals surface area (Å²) in [6.07, 6.45) is -4.26. The summed E-state index contributed by atoms with van der Waals surface area (Å²) in [5.74, 6) is 0.840.